The van der Waals surface area contributed by atoms with E-state index in [4.69, 9.17) is 0 Å². The number of nitrogens with one attached hydrogen (secondary N) is 1. The third-order valence-corrected chi connectivity index (χ3v) is 3.72. The van der Waals surface area contributed by atoms with Crippen molar-refractivity contribution < 1.29 is 4.39 Å². The summed E-state index contributed by atoms with van der Waals surface area (Å²) in [5.74, 6) is 0.192. The molecule has 0 bridgehead atoms. The highest BCUT2D eigenvalue weighted by molar-refractivity contribution is 9.10. The number of benzene rings is 2. The van der Waals surface area contributed by atoms with E-state index in [1.165, 1.54) is 17.7 Å². The van der Waals surface area contributed by atoms with Crippen LogP contribution in [0, 0.1) is 11.7 Å². The van der Waals surface area contributed by atoms with Crippen molar-refractivity contribution in [2.24, 2.45) is 5.92 Å². The topological polar surface area (TPSA) is 12.0 Å². The molecule has 0 aliphatic carbocycles. The van der Waals surface area contributed by atoms with E-state index in [0.717, 1.165) is 10.2 Å². The van der Waals surface area contributed by atoms with Crippen LogP contribution in [0.1, 0.15) is 25.5 Å². The quantitative estimate of drug-likeness (QED) is 0.795. The first-order valence-corrected chi connectivity index (χ1v) is 7.14. The van der Waals surface area contributed by atoms with Crippen LogP contribution in [0.2, 0.25) is 0 Å². The molecule has 0 saturated carbocycles. The Morgan fingerprint density at radius 3 is 2.32 bits per heavy atom. The minimum Gasteiger partial charge on any atom is -0.377 e. The summed E-state index contributed by atoms with van der Waals surface area (Å²) in [6.45, 7) is 4.34. The monoisotopic (exact) mass is 321 g/mol. The second-order valence-corrected chi connectivity index (χ2v) is 5.76. The normalized spacial score (nSPS) is 12.5. The molecule has 3 heteroatoms. The van der Waals surface area contributed by atoms with Crippen LogP contribution in [0.5, 0.6) is 0 Å². The average Bonchev–Trinajstić information content (AvgIpc) is 2.38. The Bertz CT molecular complexity index is 540. The van der Waals surface area contributed by atoms with E-state index in [-0.39, 0.29) is 11.9 Å². The molecular formula is C16H17BrFN. The predicted octanol–water partition coefficient (Wildman–Crippen LogP) is 5.40. The molecule has 2 aromatic rings. The van der Waals surface area contributed by atoms with Gasteiger partial charge in [-0.2, -0.15) is 0 Å². The van der Waals surface area contributed by atoms with Gasteiger partial charge in [0.25, 0.3) is 0 Å². The molecule has 0 heterocycles. The highest BCUT2D eigenvalue weighted by Gasteiger charge is 2.16. The second-order valence-electron chi connectivity index (χ2n) is 4.90. The summed E-state index contributed by atoms with van der Waals surface area (Å²) < 4.78 is 13.9. The van der Waals surface area contributed by atoms with E-state index in [0.29, 0.717) is 5.92 Å². The number of halogens is 2. The third-order valence-electron chi connectivity index (χ3n) is 3.07. The molecule has 0 amide bonds. The Balaban J connectivity index is 2.27. The fourth-order valence-corrected chi connectivity index (χ4v) is 2.53. The molecule has 0 fully saturated rings. The smallest absolute Gasteiger partial charge is 0.124 e. The Labute approximate surface area is 122 Å². The van der Waals surface area contributed by atoms with E-state index >= 15 is 0 Å². The summed E-state index contributed by atoms with van der Waals surface area (Å²) in [5.41, 5.74) is 2.14. The summed E-state index contributed by atoms with van der Waals surface area (Å²) in [6.07, 6.45) is 0. The number of anilines is 1. The molecule has 0 saturated heterocycles. The van der Waals surface area contributed by atoms with Gasteiger partial charge in [-0.3, -0.25) is 0 Å². The van der Waals surface area contributed by atoms with Gasteiger partial charge in [0.1, 0.15) is 5.82 Å². The maximum absolute atomic E-state index is 13.1. The molecule has 0 aliphatic heterocycles. The van der Waals surface area contributed by atoms with Crippen molar-refractivity contribution >= 4 is 21.6 Å². The number of rotatable bonds is 4. The van der Waals surface area contributed by atoms with E-state index < -0.39 is 0 Å². The van der Waals surface area contributed by atoms with Crippen LogP contribution >= 0.6 is 15.9 Å². The fraction of sp³-hybridized carbons (Fsp3) is 0.250. The second kappa shape index (κ2) is 6.20. The van der Waals surface area contributed by atoms with E-state index in [1.807, 2.05) is 18.2 Å². The predicted molar refractivity (Wildman–Crippen MR) is 81.7 cm³/mol. The van der Waals surface area contributed by atoms with Gasteiger partial charge in [-0.25, -0.2) is 4.39 Å². The Kier molecular flexibility index (Phi) is 4.59. The molecule has 0 aliphatic rings. The van der Waals surface area contributed by atoms with E-state index in [1.54, 1.807) is 6.07 Å². The number of hydrogen-bond donors (Lipinski definition) is 1. The lowest BCUT2D eigenvalue weighted by molar-refractivity contribution is 0.546. The van der Waals surface area contributed by atoms with E-state index in [2.05, 4.69) is 47.2 Å². The van der Waals surface area contributed by atoms with Crippen molar-refractivity contribution in [1.82, 2.24) is 0 Å². The maximum Gasteiger partial charge on any atom is 0.124 e. The van der Waals surface area contributed by atoms with Crippen LogP contribution < -0.4 is 5.32 Å². The molecule has 1 unspecified atom stereocenters. The molecule has 100 valence electrons. The lowest BCUT2D eigenvalue weighted by Gasteiger charge is -2.24. The first-order chi connectivity index (χ1) is 9.08. The van der Waals surface area contributed by atoms with Crippen molar-refractivity contribution in [3.05, 3.63) is 64.4 Å². The van der Waals surface area contributed by atoms with Gasteiger partial charge < -0.3 is 5.32 Å². The fourth-order valence-electron chi connectivity index (χ4n) is 2.07. The van der Waals surface area contributed by atoms with Crippen molar-refractivity contribution in [3.63, 3.8) is 0 Å². The van der Waals surface area contributed by atoms with Gasteiger partial charge in [0.05, 0.1) is 6.04 Å². The van der Waals surface area contributed by atoms with Gasteiger partial charge in [0, 0.05) is 10.2 Å². The van der Waals surface area contributed by atoms with Crippen LogP contribution in [-0.4, -0.2) is 0 Å². The van der Waals surface area contributed by atoms with Gasteiger partial charge in [-0.15, -0.1) is 0 Å². The van der Waals surface area contributed by atoms with Crippen LogP contribution in [0.15, 0.2) is 53.0 Å². The molecule has 1 atom stereocenters. The van der Waals surface area contributed by atoms with Crippen LogP contribution in [0.3, 0.4) is 0 Å². The first-order valence-electron chi connectivity index (χ1n) is 6.34. The zero-order chi connectivity index (χ0) is 13.8. The molecule has 2 aromatic carbocycles. The standard InChI is InChI=1S/C16H17BrFN/c1-11(2)16(12-6-4-3-5-7-12)19-15-9-8-13(18)10-14(15)17/h3-11,16,19H,1-2H3. The summed E-state index contributed by atoms with van der Waals surface area (Å²) in [7, 11) is 0. The van der Waals surface area contributed by atoms with Crippen LogP contribution in [-0.2, 0) is 0 Å². The molecule has 0 aromatic heterocycles. The summed E-state index contributed by atoms with van der Waals surface area (Å²) in [6, 6.07) is 15.2. The van der Waals surface area contributed by atoms with Crippen molar-refractivity contribution in [2.75, 3.05) is 5.32 Å². The number of hydrogen-bond acceptors (Lipinski definition) is 1. The van der Waals surface area contributed by atoms with Crippen LogP contribution in [0.25, 0.3) is 0 Å². The summed E-state index contributed by atoms with van der Waals surface area (Å²) in [5, 5.41) is 3.48. The Morgan fingerprint density at radius 1 is 1.05 bits per heavy atom. The summed E-state index contributed by atoms with van der Waals surface area (Å²) in [4.78, 5) is 0. The molecule has 1 N–H and O–H groups in total. The minimum absolute atomic E-state index is 0.197. The van der Waals surface area contributed by atoms with Crippen LogP contribution in [0.4, 0.5) is 10.1 Å². The van der Waals surface area contributed by atoms with Gasteiger partial charge in [0.15, 0.2) is 0 Å². The molecule has 1 nitrogen and oxygen atoms in total. The molecule has 0 radical (unpaired) electrons. The molecule has 19 heavy (non-hydrogen) atoms. The minimum atomic E-state index is -0.238. The van der Waals surface area contributed by atoms with Crippen molar-refractivity contribution in [1.29, 1.82) is 0 Å². The Morgan fingerprint density at radius 2 is 1.74 bits per heavy atom. The Hall–Kier alpha value is -1.35. The molecular weight excluding hydrogens is 305 g/mol. The lowest BCUT2D eigenvalue weighted by Crippen LogP contribution is -2.17. The largest absolute Gasteiger partial charge is 0.377 e. The molecule has 2 rings (SSSR count). The first kappa shape index (κ1) is 14.1. The van der Waals surface area contributed by atoms with Crippen molar-refractivity contribution in [3.8, 4) is 0 Å². The lowest BCUT2D eigenvalue weighted by atomic mass is 9.96. The van der Waals surface area contributed by atoms with Gasteiger partial charge in [-0.05, 0) is 45.6 Å². The SMILES string of the molecule is CC(C)C(Nc1ccc(F)cc1Br)c1ccccc1. The maximum atomic E-state index is 13.1. The summed E-state index contributed by atoms with van der Waals surface area (Å²) >= 11 is 3.39. The zero-order valence-corrected chi connectivity index (χ0v) is 12.6. The average molecular weight is 322 g/mol. The highest BCUT2D eigenvalue weighted by Crippen LogP contribution is 2.30. The van der Waals surface area contributed by atoms with Gasteiger partial charge in [-0.1, -0.05) is 44.2 Å². The van der Waals surface area contributed by atoms with Gasteiger partial charge >= 0.3 is 0 Å². The van der Waals surface area contributed by atoms with E-state index in [9.17, 15) is 4.39 Å². The highest BCUT2D eigenvalue weighted by atomic mass is 79.9. The molecule has 0 spiro atoms. The van der Waals surface area contributed by atoms with Crippen molar-refractivity contribution in [2.45, 2.75) is 19.9 Å². The van der Waals surface area contributed by atoms with Gasteiger partial charge in [0.2, 0.25) is 0 Å². The third kappa shape index (κ3) is 3.57. The zero-order valence-electron chi connectivity index (χ0n) is 11.0.